The minimum Gasteiger partial charge on any atom is -0.495 e. The fourth-order valence-corrected chi connectivity index (χ4v) is 2.66. The molecule has 0 spiro atoms. The Morgan fingerprint density at radius 2 is 2.30 bits per heavy atom. The molecular formula is C16H22N2O2. The average molecular weight is 274 g/mol. The third-order valence-corrected chi connectivity index (χ3v) is 3.82. The van der Waals surface area contributed by atoms with Crippen molar-refractivity contribution in [3.8, 4) is 11.8 Å². The van der Waals surface area contributed by atoms with Crippen LogP contribution >= 0.6 is 0 Å². The minimum atomic E-state index is 0.270. The molecule has 2 unspecified atom stereocenters. The van der Waals surface area contributed by atoms with Gasteiger partial charge in [0, 0.05) is 19.1 Å². The molecule has 1 heterocycles. The lowest BCUT2D eigenvalue weighted by atomic mass is 10.1. The first-order valence-corrected chi connectivity index (χ1v) is 7.10. The van der Waals surface area contributed by atoms with Crippen LogP contribution < -0.4 is 4.74 Å². The highest BCUT2D eigenvalue weighted by molar-refractivity contribution is 5.45. The van der Waals surface area contributed by atoms with Crippen LogP contribution in [0.4, 0.5) is 0 Å². The maximum absolute atomic E-state index is 9.16. The number of morpholine rings is 1. The van der Waals surface area contributed by atoms with Crippen molar-refractivity contribution in [2.24, 2.45) is 0 Å². The number of methoxy groups -OCH3 is 1. The second-order valence-corrected chi connectivity index (χ2v) is 5.28. The van der Waals surface area contributed by atoms with Gasteiger partial charge in [0.05, 0.1) is 25.4 Å². The monoisotopic (exact) mass is 274 g/mol. The van der Waals surface area contributed by atoms with Gasteiger partial charge in [-0.05, 0) is 31.0 Å². The second kappa shape index (κ2) is 6.74. The Morgan fingerprint density at radius 1 is 1.50 bits per heavy atom. The highest BCUT2D eigenvalue weighted by atomic mass is 16.5. The zero-order chi connectivity index (χ0) is 14.5. The molecule has 1 aliphatic rings. The molecule has 1 aromatic carbocycles. The first kappa shape index (κ1) is 14.8. The lowest BCUT2D eigenvalue weighted by Gasteiger charge is -2.38. The molecule has 0 saturated carbocycles. The van der Waals surface area contributed by atoms with E-state index in [-0.39, 0.29) is 6.10 Å². The molecule has 0 radical (unpaired) electrons. The molecule has 1 saturated heterocycles. The lowest BCUT2D eigenvalue weighted by Crippen LogP contribution is -2.47. The first-order chi connectivity index (χ1) is 9.67. The van der Waals surface area contributed by atoms with Gasteiger partial charge in [-0.1, -0.05) is 13.0 Å². The number of nitriles is 1. The van der Waals surface area contributed by atoms with Crippen LogP contribution in [0.3, 0.4) is 0 Å². The van der Waals surface area contributed by atoms with Crippen LogP contribution in [0, 0.1) is 11.3 Å². The summed E-state index contributed by atoms with van der Waals surface area (Å²) < 4.78 is 10.9. The highest BCUT2D eigenvalue weighted by Gasteiger charge is 2.25. The normalized spacial score (nSPS) is 23.3. The predicted molar refractivity (Wildman–Crippen MR) is 77.6 cm³/mol. The molecule has 1 aromatic rings. The average Bonchev–Trinajstić information content (AvgIpc) is 2.47. The van der Waals surface area contributed by atoms with Crippen molar-refractivity contribution < 1.29 is 9.47 Å². The summed E-state index contributed by atoms with van der Waals surface area (Å²) in [4.78, 5) is 2.44. The van der Waals surface area contributed by atoms with E-state index in [9.17, 15) is 0 Å². The van der Waals surface area contributed by atoms with Gasteiger partial charge in [0.2, 0.25) is 0 Å². The van der Waals surface area contributed by atoms with Gasteiger partial charge in [0.1, 0.15) is 11.8 Å². The lowest BCUT2D eigenvalue weighted by molar-refractivity contribution is -0.0592. The van der Waals surface area contributed by atoms with E-state index >= 15 is 0 Å². The second-order valence-electron chi connectivity index (χ2n) is 5.28. The van der Waals surface area contributed by atoms with Gasteiger partial charge in [-0.2, -0.15) is 5.26 Å². The molecule has 0 aliphatic carbocycles. The summed E-state index contributed by atoms with van der Waals surface area (Å²) in [5.74, 6) is 0.638. The Kier molecular flexibility index (Phi) is 4.99. The standard InChI is InChI=1S/C16H22N2O2/c1-4-15-11-20-12(2)9-18(15)10-13-5-6-16(19-3)14(7-13)8-17/h5-7,12,15H,4,9-11H2,1-3H3. The van der Waals surface area contributed by atoms with E-state index in [0.717, 1.165) is 31.7 Å². The molecule has 4 nitrogen and oxygen atoms in total. The first-order valence-electron chi connectivity index (χ1n) is 7.10. The van der Waals surface area contributed by atoms with Gasteiger partial charge in [-0.3, -0.25) is 4.90 Å². The van der Waals surface area contributed by atoms with Crippen LogP contribution in [0.15, 0.2) is 18.2 Å². The minimum absolute atomic E-state index is 0.270. The third kappa shape index (κ3) is 3.30. The Hall–Kier alpha value is -1.57. The largest absolute Gasteiger partial charge is 0.495 e. The van der Waals surface area contributed by atoms with Gasteiger partial charge in [-0.15, -0.1) is 0 Å². The number of rotatable bonds is 4. The fourth-order valence-electron chi connectivity index (χ4n) is 2.66. The number of nitrogens with zero attached hydrogens (tertiary/aromatic N) is 2. The van der Waals surface area contributed by atoms with Gasteiger partial charge in [-0.25, -0.2) is 0 Å². The molecule has 0 aromatic heterocycles. The van der Waals surface area contributed by atoms with Crippen LogP contribution in [0.25, 0.3) is 0 Å². The van der Waals surface area contributed by atoms with Gasteiger partial charge in [0.25, 0.3) is 0 Å². The van der Waals surface area contributed by atoms with Crippen molar-refractivity contribution in [3.63, 3.8) is 0 Å². The molecule has 0 N–H and O–H groups in total. The number of hydrogen-bond donors (Lipinski definition) is 0. The fraction of sp³-hybridized carbons (Fsp3) is 0.562. The zero-order valence-electron chi connectivity index (χ0n) is 12.4. The summed E-state index contributed by atoms with van der Waals surface area (Å²) in [5.41, 5.74) is 1.74. The van der Waals surface area contributed by atoms with Crippen LogP contribution in [-0.4, -0.2) is 37.3 Å². The van der Waals surface area contributed by atoms with Crippen LogP contribution in [-0.2, 0) is 11.3 Å². The van der Waals surface area contributed by atoms with Crippen molar-refractivity contribution in [3.05, 3.63) is 29.3 Å². The quantitative estimate of drug-likeness (QED) is 0.846. The molecule has 0 bridgehead atoms. The van der Waals surface area contributed by atoms with Gasteiger partial charge in [0.15, 0.2) is 0 Å². The molecule has 20 heavy (non-hydrogen) atoms. The third-order valence-electron chi connectivity index (χ3n) is 3.82. The van der Waals surface area contributed by atoms with Crippen molar-refractivity contribution in [1.29, 1.82) is 5.26 Å². The van der Waals surface area contributed by atoms with E-state index < -0.39 is 0 Å². The number of hydrogen-bond acceptors (Lipinski definition) is 4. The Labute approximate surface area is 120 Å². The van der Waals surface area contributed by atoms with E-state index in [1.54, 1.807) is 7.11 Å². The molecule has 1 fully saturated rings. The van der Waals surface area contributed by atoms with Crippen LogP contribution in [0.2, 0.25) is 0 Å². The molecule has 1 aliphatic heterocycles. The Morgan fingerprint density at radius 3 is 2.95 bits per heavy atom. The maximum Gasteiger partial charge on any atom is 0.136 e. The predicted octanol–water partition coefficient (Wildman–Crippen LogP) is 2.57. The highest BCUT2D eigenvalue weighted by Crippen LogP contribution is 2.22. The van der Waals surface area contributed by atoms with E-state index in [0.29, 0.717) is 17.4 Å². The summed E-state index contributed by atoms with van der Waals surface area (Å²) in [5, 5.41) is 9.16. The SMILES string of the molecule is CCC1COC(C)CN1Cc1ccc(OC)c(C#N)c1. The molecular weight excluding hydrogens is 252 g/mol. The van der Waals surface area contributed by atoms with E-state index in [1.165, 1.54) is 0 Å². The maximum atomic E-state index is 9.16. The molecule has 108 valence electrons. The van der Waals surface area contributed by atoms with Crippen LogP contribution in [0.1, 0.15) is 31.4 Å². The van der Waals surface area contributed by atoms with Crippen molar-refractivity contribution in [2.45, 2.75) is 39.0 Å². The van der Waals surface area contributed by atoms with E-state index in [1.807, 2.05) is 18.2 Å². The van der Waals surface area contributed by atoms with E-state index in [2.05, 4.69) is 24.8 Å². The summed E-state index contributed by atoms with van der Waals surface area (Å²) in [6.07, 6.45) is 1.35. The summed E-state index contributed by atoms with van der Waals surface area (Å²) >= 11 is 0. The smallest absolute Gasteiger partial charge is 0.136 e. The summed E-state index contributed by atoms with van der Waals surface area (Å²) in [6.45, 7) is 6.87. The summed E-state index contributed by atoms with van der Waals surface area (Å²) in [6, 6.07) is 8.48. The molecule has 2 atom stereocenters. The Balaban J connectivity index is 2.14. The van der Waals surface area contributed by atoms with Crippen molar-refractivity contribution in [2.75, 3.05) is 20.3 Å². The van der Waals surface area contributed by atoms with Crippen LogP contribution in [0.5, 0.6) is 5.75 Å². The van der Waals surface area contributed by atoms with Crippen molar-refractivity contribution in [1.82, 2.24) is 4.90 Å². The molecule has 2 rings (SSSR count). The number of benzene rings is 1. The molecule has 0 amide bonds. The molecule has 4 heteroatoms. The topological polar surface area (TPSA) is 45.5 Å². The van der Waals surface area contributed by atoms with E-state index in [4.69, 9.17) is 14.7 Å². The zero-order valence-corrected chi connectivity index (χ0v) is 12.4. The van der Waals surface area contributed by atoms with Crippen molar-refractivity contribution >= 4 is 0 Å². The van der Waals surface area contributed by atoms with Gasteiger partial charge < -0.3 is 9.47 Å². The Bertz CT molecular complexity index is 496. The van der Waals surface area contributed by atoms with Gasteiger partial charge >= 0.3 is 0 Å². The number of ether oxygens (including phenoxy) is 2. The summed E-state index contributed by atoms with van der Waals surface area (Å²) in [7, 11) is 1.59.